The van der Waals surface area contributed by atoms with Gasteiger partial charge in [0.2, 0.25) is 5.96 Å². The van der Waals surface area contributed by atoms with Crippen LogP contribution in [0.2, 0.25) is 0 Å². The van der Waals surface area contributed by atoms with Crippen LogP contribution < -0.4 is 22.1 Å². The molecule has 0 fully saturated rings. The Morgan fingerprint density at radius 1 is 1.21 bits per heavy atom. The predicted octanol–water partition coefficient (Wildman–Crippen LogP) is 3.57. The standard InChI is InChI=1S/C25H30N6O2/c1-15(2)8-9-31-13-17-4-6-20(10-18(17)14-31)28-23-27-12-16(3)25(26,30-23)19-5-7-22-21(11-19)29-24(32)33-22/h4-7,10-12,15H,8-9,13-14,26H2,1-3H3,(H,29,32)(H2,27,28,30). The molecule has 0 bridgehead atoms. The lowest BCUT2D eigenvalue weighted by molar-refractivity contribution is 0.266. The second-order valence-electron chi connectivity index (χ2n) is 9.43. The molecule has 1 unspecified atom stereocenters. The molecule has 0 amide bonds. The number of aromatic nitrogens is 1. The number of aliphatic imine (C=N–C) groups is 1. The van der Waals surface area contributed by atoms with Gasteiger partial charge in [0.1, 0.15) is 0 Å². The summed E-state index contributed by atoms with van der Waals surface area (Å²) in [5.41, 5.74) is 12.1. The summed E-state index contributed by atoms with van der Waals surface area (Å²) in [5.74, 6) is 0.790. The number of guanidine groups is 1. The average molecular weight is 447 g/mol. The lowest BCUT2D eigenvalue weighted by Crippen LogP contribution is -2.44. The molecule has 0 spiro atoms. The smallest absolute Gasteiger partial charge is 0.408 e. The van der Waals surface area contributed by atoms with Crippen LogP contribution >= 0.6 is 0 Å². The van der Waals surface area contributed by atoms with E-state index in [2.05, 4.69) is 52.6 Å². The quantitative estimate of drug-likeness (QED) is 0.477. The largest absolute Gasteiger partial charge is 0.417 e. The number of aromatic amines is 1. The van der Waals surface area contributed by atoms with Crippen molar-refractivity contribution in [2.45, 2.75) is 45.9 Å². The van der Waals surface area contributed by atoms with Gasteiger partial charge < -0.3 is 15.1 Å². The molecular formula is C25H30N6O2. The Kier molecular flexibility index (Phi) is 5.34. The minimum Gasteiger partial charge on any atom is -0.408 e. The molecule has 5 N–H and O–H groups in total. The van der Waals surface area contributed by atoms with Crippen LogP contribution in [-0.4, -0.2) is 22.4 Å². The highest BCUT2D eigenvalue weighted by molar-refractivity contribution is 5.95. The fourth-order valence-electron chi connectivity index (χ4n) is 4.41. The molecule has 0 aliphatic carbocycles. The van der Waals surface area contributed by atoms with Crippen molar-refractivity contribution < 1.29 is 4.42 Å². The van der Waals surface area contributed by atoms with Gasteiger partial charge in [0, 0.05) is 30.5 Å². The lowest BCUT2D eigenvalue weighted by atomic mass is 9.93. The molecule has 2 aliphatic heterocycles. The summed E-state index contributed by atoms with van der Waals surface area (Å²) >= 11 is 0. The molecule has 33 heavy (non-hydrogen) atoms. The van der Waals surface area contributed by atoms with E-state index in [9.17, 15) is 4.79 Å². The number of benzene rings is 2. The van der Waals surface area contributed by atoms with E-state index in [0.29, 0.717) is 23.0 Å². The Morgan fingerprint density at radius 3 is 2.85 bits per heavy atom. The molecule has 5 rings (SSSR count). The summed E-state index contributed by atoms with van der Waals surface area (Å²) in [4.78, 5) is 21.5. The zero-order chi connectivity index (χ0) is 23.2. The summed E-state index contributed by atoms with van der Waals surface area (Å²) in [7, 11) is 0. The van der Waals surface area contributed by atoms with Gasteiger partial charge in [0.25, 0.3) is 0 Å². The Labute approximate surface area is 192 Å². The van der Waals surface area contributed by atoms with Crippen LogP contribution in [0.1, 0.15) is 43.9 Å². The normalized spacial score (nSPS) is 20.5. The molecule has 0 radical (unpaired) electrons. The summed E-state index contributed by atoms with van der Waals surface area (Å²) in [6, 6.07) is 11.9. The van der Waals surface area contributed by atoms with Crippen molar-refractivity contribution in [2.24, 2.45) is 16.6 Å². The molecule has 172 valence electrons. The van der Waals surface area contributed by atoms with Gasteiger partial charge in [0.15, 0.2) is 11.2 Å². The molecule has 0 saturated carbocycles. The third kappa shape index (κ3) is 4.19. The van der Waals surface area contributed by atoms with Gasteiger partial charge in [0.05, 0.1) is 5.52 Å². The van der Waals surface area contributed by atoms with Crippen LogP contribution in [0, 0.1) is 5.92 Å². The monoisotopic (exact) mass is 446 g/mol. The number of oxazole rings is 1. The number of hydrogen-bond donors (Lipinski definition) is 4. The van der Waals surface area contributed by atoms with Crippen LogP contribution in [0.5, 0.6) is 0 Å². The summed E-state index contributed by atoms with van der Waals surface area (Å²) in [6.45, 7) is 9.56. The van der Waals surface area contributed by atoms with Crippen LogP contribution in [0.3, 0.4) is 0 Å². The van der Waals surface area contributed by atoms with E-state index in [0.717, 1.165) is 36.5 Å². The number of H-pyrrole nitrogens is 1. The topological polar surface area (TPSA) is 112 Å². The fourth-order valence-corrected chi connectivity index (χ4v) is 4.41. The second-order valence-corrected chi connectivity index (χ2v) is 9.43. The van der Waals surface area contributed by atoms with Crippen LogP contribution in [0.4, 0.5) is 5.69 Å². The van der Waals surface area contributed by atoms with Gasteiger partial charge in [-0.1, -0.05) is 26.0 Å². The highest BCUT2D eigenvalue weighted by atomic mass is 16.4. The summed E-state index contributed by atoms with van der Waals surface area (Å²) in [5, 5.41) is 6.58. The van der Waals surface area contributed by atoms with Crippen molar-refractivity contribution in [3.63, 3.8) is 0 Å². The molecule has 0 saturated heterocycles. The minimum atomic E-state index is -1.07. The number of rotatable bonds is 5. The number of hydrogen-bond acceptors (Lipinski definition) is 7. The van der Waals surface area contributed by atoms with Gasteiger partial charge in [-0.15, -0.1) is 0 Å². The van der Waals surface area contributed by atoms with E-state index in [4.69, 9.17) is 15.1 Å². The van der Waals surface area contributed by atoms with Gasteiger partial charge in [-0.05, 0) is 66.8 Å². The van der Waals surface area contributed by atoms with E-state index in [1.165, 1.54) is 17.5 Å². The average Bonchev–Trinajstić information content (AvgIpc) is 3.35. The molecule has 2 aromatic carbocycles. The first kappa shape index (κ1) is 21.5. The molecule has 1 aromatic heterocycles. The SMILES string of the molecule is CC1=CNC(Nc2ccc3c(c2)CN(CCC(C)C)C3)=NC1(N)c1ccc2oc(=O)[nH]c2c1. The Bertz CT molecular complexity index is 1320. The summed E-state index contributed by atoms with van der Waals surface area (Å²) < 4.78 is 5.11. The first-order valence-electron chi connectivity index (χ1n) is 11.4. The number of fused-ring (bicyclic) bond motifs is 2. The molecule has 3 heterocycles. The van der Waals surface area contributed by atoms with Crippen molar-refractivity contribution >= 4 is 22.7 Å². The molecule has 8 nitrogen and oxygen atoms in total. The van der Waals surface area contributed by atoms with Crippen molar-refractivity contribution in [3.05, 3.63) is 75.4 Å². The van der Waals surface area contributed by atoms with Gasteiger partial charge in [-0.2, -0.15) is 0 Å². The molecular weight excluding hydrogens is 416 g/mol. The highest BCUT2D eigenvalue weighted by Crippen LogP contribution is 2.32. The maximum Gasteiger partial charge on any atom is 0.417 e. The van der Waals surface area contributed by atoms with Crippen molar-refractivity contribution in [3.8, 4) is 0 Å². The number of nitrogens with one attached hydrogen (secondary N) is 3. The molecule has 3 aromatic rings. The number of nitrogens with zero attached hydrogens (tertiary/aromatic N) is 2. The zero-order valence-electron chi connectivity index (χ0n) is 19.2. The third-order valence-corrected chi connectivity index (χ3v) is 6.45. The molecule has 1 atom stereocenters. The Morgan fingerprint density at radius 2 is 2.03 bits per heavy atom. The van der Waals surface area contributed by atoms with E-state index >= 15 is 0 Å². The first-order chi connectivity index (χ1) is 15.8. The second kappa shape index (κ2) is 8.20. The maximum atomic E-state index is 11.5. The van der Waals surface area contributed by atoms with Crippen molar-refractivity contribution in [2.75, 3.05) is 11.9 Å². The third-order valence-electron chi connectivity index (χ3n) is 6.45. The van der Waals surface area contributed by atoms with E-state index in [-0.39, 0.29) is 0 Å². The van der Waals surface area contributed by atoms with Crippen LogP contribution in [-0.2, 0) is 18.8 Å². The lowest BCUT2D eigenvalue weighted by Gasteiger charge is -2.31. The Hall–Kier alpha value is -3.36. The zero-order valence-corrected chi connectivity index (χ0v) is 19.2. The molecule has 8 heteroatoms. The number of nitrogens with two attached hydrogens (primary N) is 1. The first-order valence-corrected chi connectivity index (χ1v) is 11.4. The minimum absolute atomic E-state index is 0.490. The van der Waals surface area contributed by atoms with Gasteiger partial charge in [-0.3, -0.25) is 15.6 Å². The predicted molar refractivity (Wildman–Crippen MR) is 131 cm³/mol. The van der Waals surface area contributed by atoms with Crippen LogP contribution in [0.25, 0.3) is 11.1 Å². The van der Waals surface area contributed by atoms with E-state index < -0.39 is 11.4 Å². The van der Waals surface area contributed by atoms with Crippen LogP contribution in [0.15, 0.2) is 62.4 Å². The van der Waals surface area contributed by atoms with Gasteiger partial charge in [-0.25, -0.2) is 9.79 Å². The van der Waals surface area contributed by atoms with Crippen molar-refractivity contribution in [1.29, 1.82) is 0 Å². The summed E-state index contributed by atoms with van der Waals surface area (Å²) in [6.07, 6.45) is 3.07. The fraction of sp³-hybridized carbons (Fsp3) is 0.360. The van der Waals surface area contributed by atoms with E-state index in [1.807, 2.05) is 25.3 Å². The van der Waals surface area contributed by atoms with Crippen molar-refractivity contribution in [1.82, 2.24) is 15.2 Å². The number of anilines is 1. The molecule has 2 aliphatic rings. The Balaban J connectivity index is 1.37. The van der Waals surface area contributed by atoms with E-state index in [1.54, 1.807) is 6.07 Å². The van der Waals surface area contributed by atoms with Gasteiger partial charge >= 0.3 is 5.76 Å². The highest BCUT2D eigenvalue weighted by Gasteiger charge is 2.33. The maximum absolute atomic E-state index is 11.5.